The van der Waals surface area contributed by atoms with Crippen molar-refractivity contribution in [2.24, 2.45) is 5.73 Å². The van der Waals surface area contributed by atoms with Crippen molar-refractivity contribution in [2.45, 2.75) is 57.7 Å². The Morgan fingerprint density at radius 2 is 1.74 bits per heavy atom. The van der Waals surface area contributed by atoms with Crippen LogP contribution in [0.4, 0.5) is 5.82 Å². The summed E-state index contributed by atoms with van der Waals surface area (Å²) in [6, 6.07) is 6.52. The molecule has 0 aliphatic carbocycles. The Balaban J connectivity index is 1.85. The minimum atomic E-state index is -1.10. The lowest BCUT2D eigenvalue weighted by atomic mass is 9.90. The molecule has 3 rings (SSSR count). The number of aromatic nitrogens is 2. The Bertz CT molecular complexity index is 1040. The number of benzene rings is 1. The molecule has 3 amide bonds. The molecule has 2 aromatic rings. The summed E-state index contributed by atoms with van der Waals surface area (Å²) in [7, 11) is 1.59. The highest BCUT2D eigenvalue weighted by molar-refractivity contribution is 5.97. The zero-order chi connectivity index (χ0) is 25.1. The van der Waals surface area contributed by atoms with E-state index in [0.29, 0.717) is 18.8 Å². The van der Waals surface area contributed by atoms with E-state index in [-0.39, 0.29) is 11.7 Å². The van der Waals surface area contributed by atoms with Crippen LogP contribution in [-0.2, 0) is 19.9 Å². The summed E-state index contributed by atoms with van der Waals surface area (Å²) in [5.41, 5.74) is 4.37. The minimum Gasteiger partial charge on any atom is -0.497 e. The highest BCUT2D eigenvalue weighted by Gasteiger charge is 2.41. The SMILES string of the molecule is COc1ccc(C(C)(C(=O)N2CCCC2)n2cnc(NC(=O)[C@@H](C)NC(=O)C(C)(C)N)c2)cc1. The minimum absolute atomic E-state index is 0.0451. The van der Waals surface area contributed by atoms with E-state index in [0.717, 1.165) is 18.4 Å². The second-order valence-corrected chi connectivity index (χ2v) is 9.37. The lowest BCUT2D eigenvalue weighted by Crippen LogP contribution is -2.54. The van der Waals surface area contributed by atoms with Crippen molar-refractivity contribution in [3.05, 3.63) is 42.4 Å². The molecule has 2 atom stereocenters. The molecule has 0 bridgehead atoms. The number of hydrogen-bond acceptors (Lipinski definition) is 6. The van der Waals surface area contributed by atoms with Gasteiger partial charge >= 0.3 is 0 Å². The average molecular weight is 471 g/mol. The maximum Gasteiger partial charge on any atom is 0.253 e. The highest BCUT2D eigenvalue weighted by Crippen LogP contribution is 2.32. The number of rotatable bonds is 8. The number of nitrogens with two attached hydrogens (primary N) is 1. The Hall–Kier alpha value is -3.40. The van der Waals surface area contributed by atoms with Crippen LogP contribution in [0.15, 0.2) is 36.8 Å². The fraction of sp³-hybridized carbons (Fsp3) is 0.500. The molecule has 1 aromatic heterocycles. The van der Waals surface area contributed by atoms with Crippen LogP contribution < -0.4 is 21.1 Å². The van der Waals surface area contributed by atoms with Gasteiger partial charge in [0.05, 0.1) is 19.0 Å². The number of amides is 3. The van der Waals surface area contributed by atoms with E-state index in [1.165, 1.54) is 6.33 Å². The summed E-state index contributed by atoms with van der Waals surface area (Å²) in [5, 5.41) is 5.28. The van der Waals surface area contributed by atoms with Crippen molar-refractivity contribution in [2.75, 3.05) is 25.5 Å². The predicted octanol–water partition coefficient (Wildman–Crippen LogP) is 1.46. The third-order valence-corrected chi connectivity index (χ3v) is 6.14. The Kier molecular flexibility index (Phi) is 7.30. The van der Waals surface area contributed by atoms with Crippen molar-refractivity contribution in [1.29, 1.82) is 0 Å². The van der Waals surface area contributed by atoms with E-state index in [2.05, 4.69) is 15.6 Å². The number of nitrogens with one attached hydrogen (secondary N) is 2. The molecule has 1 aromatic carbocycles. The summed E-state index contributed by atoms with van der Waals surface area (Å²) in [5.74, 6) is 0.0298. The molecule has 4 N–H and O–H groups in total. The Morgan fingerprint density at radius 3 is 2.29 bits per heavy atom. The van der Waals surface area contributed by atoms with E-state index in [4.69, 9.17) is 10.5 Å². The number of imidazole rings is 1. The van der Waals surface area contributed by atoms with Crippen molar-refractivity contribution in [1.82, 2.24) is 19.8 Å². The second-order valence-electron chi connectivity index (χ2n) is 9.37. The van der Waals surface area contributed by atoms with Crippen LogP contribution in [0.2, 0.25) is 0 Å². The van der Waals surface area contributed by atoms with Gasteiger partial charge in [-0.3, -0.25) is 14.4 Å². The molecular formula is C24H34N6O4. The molecule has 10 heteroatoms. The lowest BCUT2D eigenvalue weighted by Gasteiger charge is -2.34. The van der Waals surface area contributed by atoms with Gasteiger partial charge < -0.3 is 30.6 Å². The van der Waals surface area contributed by atoms with Crippen molar-refractivity contribution < 1.29 is 19.1 Å². The summed E-state index contributed by atoms with van der Waals surface area (Å²) in [6.45, 7) is 7.94. The number of nitrogens with zero attached hydrogens (tertiary/aromatic N) is 3. The molecule has 1 aliphatic heterocycles. The van der Waals surface area contributed by atoms with Crippen LogP contribution >= 0.6 is 0 Å². The van der Waals surface area contributed by atoms with Gasteiger partial charge in [-0.2, -0.15) is 0 Å². The average Bonchev–Trinajstić information content (AvgIpc) is 3.50. The van der Waals surface area contributed by atoms with Gasteiger partial charge in [0.2, 0.25) is 11.8 Å². The van der Waals surface area contributed by atoms with Crippen LogP contribution in [0.1, 0.15) is 46.1 Å². The van der Waals surface area contributed by atoms with Gasteiger partial charge in [0.1, 0.15) is 17.3 Å². The fourth-order valence-corrected chi connectivity index (χ4v) is 3.84. The molecule has 10 nitrogen and oxygen atoms in total. The maximum atomic E-state index is 13.7. The van der Waals surface area contributed by atoms with E-state index in [9.17, 15) is 14.4 Å². The lowest BCUT2D eigenvalue weighted by molar-refractivity contribution is -0.137. The summed E-state index contributed by atoms with van der Waals surface area (Å²) in [6.07, 6.45) is 5.09. The first-order chi connectivity index (χ1) is 16.0. The molecule has 1 fully saturated rings. The number of carbonyl (C=O) groups excluding carboxylic acids is 3. The van der Waals surface area contributed by atoms with Gasteiger partial charge in [0.25, 0.3) is 5.91 Å². The number of ether oxygens (including phenoxy) is 1. The zero-order valence-electron chi connectivity index (χ0n) is 20.4. The molecule has 0 spiro atoms. The van der Waals surface area contributed by atoms with Gasteiger partial charge in [0.15, 0.2) is 5.82 Å². The molecule has 2 heterocycles. The number of carbonyl (C=O) groups is 3. The van der Waals surface area contributed by atoms with E-state index >= 15 is 0 Å². The smallest absolute Gasteiger partial charge is 0.253 e. The summed E-state index contributed by atoms with van der Waals surface area (Å²) in [4.78, 5) is 44.5. The standard InChI is InChI=1S/C24H34N6O4/c1-16(27-21(32)23(2,3)25)20(31)28-19-14-30(15-26-19)24(4,22(33)29-12-6-7-13-29)17-8-10-18(34-5)11-9-17/h8-11,14-16H,6-7,12-13,25H2,1-5H3,(H,27,32)(H,28,31)/t16-,24?/m1/s1. The van der Waals surface area contributed by atoms with Crippen LogP contribution in [0.25, 0.3) is 0 Å². The van der Waals surface area contributed by atoms with Gasteiger partial charge in [-0.05, 0) is 58.2 Å². The largest absolute Gasteiger partial charge is 0.497 e. The molecular weight excluding hydrogens is 436 g/mol. The number of methoxy groups -OCH3 is 1. The molecule has 1 aliphatic rings. The van der Waals surface area contributed by atoms with Gasteiger partial charge in [-0.25, -0.2) is 4.98 Å². The predicted molar refractivity (Wildman–Crippen MR) is 128 cm³/mol. The zero-order valence-corrected chi connectivity index (χ0v) is 20.4. The van der Waals surface area contributed by atoms with Crippen LogP contribution in [0.3, 0.4) is 0 Å². The number of anilines is 1. The summed E-state index contributed by atoms with van der Waals surface area (Å²) >= 11 is 0. The second kappa shape index (κ2) is 9.84. The number of hydrogen-bond donors (Lipinski definition) is 3. The highest BCUT2D eigenvalue weighted by atomic mass is 16.5. The first-order valence-corrected chi connectivity index (χ1v) is 11.4. The molecule has 0 saturated carbocycles. The summed E-state index contributed by atoms with van der Waals surface area (Å²) < 4.78 is 6.97. The van der Waals surface area contributed by atoms with Crippen LogP contribution in [0, 0.1) is 0 Å². The van der Waals surface area contributed by atoms with Crippen LogP contribution in [-0.4, -0.2) is 64.0 Å². The molecule has 1 saturated heterocycles. The normalized spacial score (nSPS) is 16.5. The van der Waals surface area contributed by atoms with Gasteiger partial charge in [-0.15, -0.1) is 0 Å². The Morgan fingerprint density at radius 1 is 1.12 bits per heavy atom. The van der Waals surface area contributed by atoms with Crippen molar-refractivity contribution in [3.8, 4) is 5.75 Å². The third-order valence-electron chi connectivity index (χ3n) is 6.14. The van der Waals surface area contributed by atoms with Gasteiger partial charge in [-0.1, -0.05) is 12.1 Å². The first kappa shape index (κ1) is 25.2. The topological polar surface area (TPSA) is 132 Å². The maximum absolute atomic E-state index is 13.7. The molecule has 1 unspecified atom stereocenters. The monoisotopic (exact) mass is 470 g/mol. The molecule has 0 radical (unpaired) electrons. The quantitative estimate of drug-likeness (QED) is 0.535. The number of likely N-dealkylation sites (tertiary alicyclic amines) is 1. The third kappa shape index (κ3) is 5.22. The van der Waals surface area contributed by atoms with E-state index in [1.54, 1.807) is 38.6 Å². The fourth-order valence-electron chi connectivity index (χ4n) is 3.84. The van der Waals surface area contributed by atoms with Crippen LogP contribution in [0.5, 0.6) is 5.75 Å². The molecule has 184 valence electrons. The van der Waals surface area contributed by atoms with Crippen molar-refractivity contribution in [3.63, 3.8) is 0 Å². The van der Waals surface area contributed by atoms with E-state index < -0.39 is 28.9 Å². The van der Waals surface area contributed by atoms with Crippen molar-refractivity contribution >= 4 is 23.5 Å². The first-order valence-electron chi connectivity index (χ1n) is 11.4. The Labute approximate surface area is 199 Å². The van der Waals surface area contributed by atoms with E-state index in [1.807, 2.05) is 36.1 Å². The molecule has 34 heavy (non-hydrogen) atoms. The van der Waals surface area contributed by atoms with Gasteiger partial charge in [0, 0.05) is 19.3 Å².